The Morgan fingerprint density at radius 2 is 1.81 bits per heavy atom. The number of hydrogen-bond donors (Lipinski definition) is 3. The van der Waals surface area contributed by atoms with Crippen LogP contribution in [0.3, 0.4) is 0 Å². The zero-order valence-electron chi connectivity index (χ0n) is 9.46. The minimum absolute atomic E-state index is 0.255. The van der Waals surface area contributed by atoms with Crippen molar-refractivity contribution in [1.82, 2.24) is 10.6 Å². The van der Waals surface area contributed by atoms with Crippen LogP contribution in [0.5, 0.6) is 0 Å². The fraction of sp³-hybridized carbons (Fsp3) is 0.667. The summed E-state index contributed by atoms with van der Waals surface area (Å²) < 4.78 is 0. The number of nitrogens with one attached hydrogen (secondary N) is 3. The number of carbonyl (C=O) groups excluding carboxylic acids is 3. The fourth-order valence-corrected chi connectivity index (χ4v) is 0.875. The zero-order valence-corrected chi connectivity index (χ0v) is 9.46. The summed E-state index contributed by atoms with van der Waals surface area (Å²) in [5.41, 5.74) is 0. The van der Waals surface area contributed by atoms with Crippen molar-refractivity contribution in [3.05, 3.63) is 0 Å². The maximum absolute atomic E-state index is 11.1. The predicted molar refractivity (Wildman–Crippen MR) is 53.5 cm³/mol. The van der Waals surface area contributed by atoms with E-state index in [0.29, 0.717) is 6.54 Å². The van der Waals surface area contributed by atoms with Crippen LogP contribution in [0.15, 0.2) is 0 Å². The predicted octanol–water partition coefficient (Wildman–Crippen LogP) is -3.51. The van der Waals surface area contributed by atoms with Crippen LogP contribution in [0.2, 0.25) is 0 Å². The normalized spacial score (nSPS) is 9.94. The van der Waals surface area contributed by atoms with Crippen LogP contribution in [0.4, 0.5) is 4.79 Å². The van der Waals surface area contributed by atoms with Gasteiger partial charge in [0.25, 0.3) is 0 Å². The highest BCUT2D eigenvalue weighted by Gasteiger charge is 2.07. The van der Waals surface area contributed by atoms with Gasteiger partial charge in [-0.3, -0.25) is 10.1 Å². The third-order valence-corrected chi connectivity index (χ3v) is 1.72. The molecule has 0 aromatic rings. The first kappa shape index (κ1) is 14.4. The SMILES string of the molecule is C[NH+](C)CCNC(=O)NC(=O)CCC(=O)[O-]. The van der Waals surface area contributed by atoms with E-state index in [1.165, 1.54) is 4.90 Å². The number of carboxylic acids is 1. The standard InChI is InChI=1S/C9H17N3O4/c1-12(2)6-5-10-9(16)11-7(13)3-4-8(14)15/h3-6H2,1-2H3,(H,14,15)(H2,10,11,13,16). The summed E-state index contributed by atoms with van der Waals surface area (Å²) in [4.78, 5) is 33.3. The molecule has 0 aliphatic heterocycles. The lowest BCUT2D eigenvalue weighted by Crippen LogP contribution is -3.06. The Kier molecular flexibility index (Phi) is 6.86. The van der Waals surface area contributed by atoms with Gasteiger partial charge in [-0.05, 0) is 6.42 Å². The molecule has 0 aliphatic carbocycles. The van der Waals surface area contributed by atoms with Gasteiger partial charge in [0, 0.05) is 12.4 Å². The maximum Gasteiger partial charge on any atom is 0.321 e. The van der Waals surface area contributed by atoms with Crippen molar-refractivity contribution in [1.29, 1.82) is 0 Å². The first-order valence-corrected chi connectivity index (χ1v) is 4.98. The summed E-state index contributed by atoms with van der Waals surface area (Å²) in [5.74, 6) is -1.94. The molecular weight excluding hydrogens is 214 g/mol. The number of rotatable bonds is 6. The summed E-state index contributed by atoms with van der Waals surface area (Å²) in [7, 11) is 3.87. The van der Waals surface area contributed by atoms with Gasteiger partial charge in [-0.15, -0.1) is 0 Å². The summed E-state index contributed by atoms with van der Waals surface area (Å²) in [6.45, 7) is 1.18. The van der Waals surface area contributed by atoms with E-state index in [9.17, 15) is 19.5 Å². The number of carboxylic acid groups (broad SMARTS) is 1. The number of imide groups is 1. The lowest BCUT2D eigenvalue weighted by atomic mass is 10.3. The number of likely N-dealkylation sites (N-methyl/N-ethyl adjacent to an activating group) is 1. The van der Waals surface area contributed by atoms with Gasteiger partial charge in [0.2, 0.25) is 5.91 Å². The highest BCUT2D eigenvalue weighted by Crippen LogP contribution is 1.86. The Labute approximate surface area is 93.8 Å². The van der Waals surface area contributed by atoms with Gasteiger partial charge in [-0.25, -0.2) is 4.79 Å². The lowest BCUT2D eigenvalue weighted by Gasteiger charge is -2.09. The van der Waals surface area contributed by atoms with Crippen molar-refractivity contribution in [3.8, 4) is 0 Å². The van der Waals surface area contributed by atoms with E-state index in [0.717, 1.165) is 6.54 Å². The Bertz CT molecular complexity index is 265. The molecule has 0 aromatic carbocycles. The Morgan fingerprint density at radius 3 is 2.31 bits per heavy atom. The molecule has 0 saturated carbocycles. The van der Waals surface area contributed by atoms with Crippen molar-refractivity contribution in [3.63, 3.8) is 0 Å². The minimum atomic E-state index is -1.31. The second-order valence-electron chi connectivity index (χ2n) is 3.63. The van der Waals surface area contributed by atoms with E-state index >= 15 is 0 Å². The van der Waals surface area contributed by atoms with E-state index in [2.05, 4.69) is 5.32 Å². The van der Waals surface area contributed by atoms with Crippen molar-refractivity contribution in [2.45, 2.75) is 12.8 Å². The monoisotopic (exact) mass is 231 g/mol. The van der Waals surface area contributed by atoms with Gasteiger partial charge in [0.1, 0.15) is 0 Å². The average molecular weight is 231 g/mol. The van der Waals surface area contributed by atoms with Gasteiger partial charge in [0.05, 0.1) is 27.2 Å². The number of aliphatic carboxylic acids is 1. The zero-order chi connectivity index (χ0) is 12.6. The largest absolute Gasteiger partial charge is 0.550 e. The van der Waals surface area contributed by atoms with Crippen LogP contribution >= 0.6 is 0 Å². The second kappa shape index (κ2) is 7.63. The van der Waals surface area contributed by atoms with E-state index in [-0.39, 0.29) is 12.8 Å². The molecule has 0 spiro atoms. The summed E-state index contributed by atoms with van der Waals surface area (Å²) in [6, 6.07) is -0.607. The minimum Gasteiger partial charge on any atom is -0.550 e. The highest BCUT2D eigenvalue weighted by molar-refractivity contribution is 5.95. The van der Waals surface area contributed by atoms with Crippen molar-refractivity contribution in [2.75, 3.05) is 27.2 Å². The fourth-order valence-electron chi connectivity index (χ4n) is 0.875. The molecule has 0 atom stereocenters. The average Bonchev–Trinajstić information content (AvgIpc) is 2.14. The van der Waals surface area contributed by atoms with Gasteiger partial charge in [-0.1, -0.05) is 0 Å². The maximum atomic E-state index is 11.1. The molecule has 3 amide bonds. The third kappa shape index (κ3) is 8.95. The molecule has 92 valence electrons. The van der Waals surface area contributed by atoms with Crippen molar-refractivity contribution in [2.24, 2.45) is 0 Å². The molecule has 0 rings (SSSR count). The Hall–Kier alpha value is -1.63. The lowest BCUT2D eigenvalue weighted by molar-refractivity contribution is -0.856. The third-order valence-electron chi connectivity index (χ3n) is 1.72. The summed E-state index contributed by atoms with van der Waals surface area (Å²) in [6.07, 6.45) is -0.643. The smallest absolute Gasteiger partial charge is 0.321 e. The van der Waals surface area contributed by atoms with Crippen molar-refractivity contribution < 1.29 is 24.4 Å². The van der Waals surface area contributed by atoms with Crippen LogP contribution in [-0.4, -0.2) is 45.1 Å². The van der Waals surface area contributed by atoms with Crippen LogP contribution < -0.4 is 20.6 Å². The van der Waals surface area contributed by atoms with Gasteiger partial charge < -0.3 is 20.1 Å². The van der Waals surface area contributed by atoms with E-state index in [4.69, 9.17) is 0 Å². The number of hydrogen-bond acceptors (Lipinski definition) is 4. The molecule has 0 aromatic heterocycles. The van der Waals surface area contributed by atoms with E-state index in [1.54, 1.807) is 0 Å². The number of quaternary nitrogens is 1. The Balaban J connectivity index is 3.62. The Morgan fingerprint density at radius 1 is 1.19 bits per heavy atom. The summed E-state index contributed by atoms with van der Waals surface area (Å²) >= 11 is 0. The number of urea groups is 1. The topological polar surface area (TPSA) is 103 Å². The van der Waals surface area contributed by atoms with Gasteiger partial charge >= 0.3 is 6.03 Å². The molecule has 0 aliphatic rings. The molecular formula is C9H17N3O4. The van der Waals surface area contributed by atoms with Crippen LogP contribution in [-0.2, 0) is 9.59 Å². The quantitative estimate of drug-likeness (QED) is 0.441. The molecule has 0 bridgehead atoms. The molecule has 0 fully saturated rings. The molecule has 0 radical (unpaired) electrons. The number of carbonyl (C=O) groups is 3. The molecule has 16 heavy (non-hydrogen) atoms. The molecule has 0 saturated heterocycles. The van der Waals surface area contributed by atoms with Crippen LogP contribution in [0.1, 0.15) is 12.8 Å². The first-order chi connectivity index (χ1) is 7.41. The molecule has 0 unspecified atom stereocenters. The van der Waals surface area contributed by atoms with E-state index < -0.39 is 17.9 Å². The molecule has 0 heterocycles. The first-order valence-electron chi connectivity index (χ1n) is 4.98. The van der Waals surface area contributed by atoms with Crippen LogP contribution in [0.25, 0.3) is 0 Å². The molecule has 7 nitrogen and oxygen atoms in total. The van der Waals surface area contributed by atoms with Gasteiger partial charge in [0.15, 0.2) is 0 Å². The van der Waals surface area contributed by atoms with Crippen molar-refractivity contribution >= 4 is 17.9 Å². The van der Waals surface area contributed by atoms with Gasteiger partial charge in [-0.2, -0.15) is 0 Å². The molecule has 7 heteroatoms. The van der Waals surface area contributed by atoms with E-state index in [1.807, 2.05) is 19.4 Å². The number of amides is 3. The summed E-state index contributed by atoms with van der Waals surface area (Å²) in [5, 5.41) is 14.5. The second-order valence-corrected chi connectivity index (χ2v) is 3.63. The van der Waals surface area contributed by atoms with Crippen LogP contribution in [0, 0.1) is 0 Å². The highest BCUT2D eigenvalue weighted by atomic mass is 16.4. The molecule has 3 N–H and O–H groups in total.